The van der Waals surface area contributed by atoms with Gasteiger partial charge in [0, 0.05) is 6.20 Å². The monoisotopic (exact) mass is 326 g/mol. The van der Waals surface area contributed by atoms with Gasteiger partial charge in [0.2, 0.25) is 5.88 Å². The quantitative estimate of drug-likeness (QED) is 0.933. The lowest BCUT2D eigenvalue weighted by Crippen LogP contribution is -2.17. The van der Waals surface area contributed by atoms with Gasteiger partial charge in [-0.2, -0.15) is 0 Å². The number of halogens is 3. The average Bonchev–Trinajstić information content (AvgIpc) is 2.43. The van der Waals surface area contributed by atoms with Crippen LogP contribution < -0.4 is 15.2 Å². The lowest BCUT2D eigenvalue weighted by atomic mass is 10.1. The van der Waals surface area contributed by atoms with Crippen LogP contribution in [0.15, 0.2) is 30.5 Å². The molecule has 0 saturated carbocycles. The highest BCUT2D eigenvalue weighted by Gasteiger charge is 2.31. The standard InChI is InChI=1S/C15H13F3N2O3/c1-8-7-20-14(12(9(8)2)13(19)21)22-10-3-5-11(6-4-10)23-15(16,17)18/h3-7H,1-2H3,(H2,19,21). The van der Waals surface area contributed by atoms with Crippen LogP contribution in [0.25, 0.3) is 0 Å². The zero-order valence-electron chi connectivity index (χ0n) is 12.3. The van der Waals surface area contributed by atoms with Gasteiger partial charge in [-0.25, -0.2) is 4.98 Å². The third-order valence-corrected chi connectivity index (χ3v) is 3.07. The second-order valence-electron chi connectivity index (χ2n) is 4.73. The number of hydrogen-bond donors (Lipinski definition) is 1. The van der Waals surface area contributed by atoms with Gasteiger partial charge in [0.25, 0.3) is 5.91 Å². The van der Waals surface area contributed by atoms with Crippen molar-refractivity contribution in [2.24, 2.45) is 5.73 Å². The van der Waals surface area contributed by atoms with Crippen LogP contribution >= 0.6 is 0 Å². The summed E-state index contributed by atoms with van der Waals surface area (Å²) in [4.78, 5) is 15.6. The van der Waals surface area contributed by atoms with Gasteiger partial charge in [-0.15, -0.1) is 13.2 Å². The van der Waals surface area contributed by atoms with E-state index < -0.39 is 12.3 Å². The molecule has 0 spiro atoms. The molecule has 122 valence electrons. The van der Waals surface area contributed by atoms with Crippen molar-refractivity contribution in [1.29, 1.82) is 0 Å². The highest BCUT2D eigenvalue weighted by atomic mass is 19.4. The van der Waals surface area contributed by atoms with Gasteiger partial charge >= 0.3 is 6.36 Å². The molecule has 2 rings (SSSR count). The normalized spacial score (nSPS) is 11.2. The number of amides is 1. The zero-order valence-corrected chi connectivity index (χ0v) is 12.3. The zero-order chi connectivity index (χ0) is 17.2. The highest BCUT2D eigenvalue weighted by molar-refractivity contribution is 5.96. The van der Waals surface area contributed by atoms with Crippen LogP contribution in [0, 0.1) is 13.8 Å². The SMILES string of the molecule is Cc1cnc(Oc2ccc(OC(F)(F)F)cc2)c(C(N)=O)c1C. The van der Waals surface area contributed by atoms with Crippen LogP contribution in [0.5, 0.6) is 17.4 Å². The third kappa shape index (κ3) is 4.12. The summed E-state index contributed by atoms with van der Waals surface area (Å²) >= 11 is 0. The Hall–Kier alpha value is -2.77. The molecule has 23 heavy (non-hydrogen) atoms. The lowest BCUT2D eigenvalue weighted by Gasteiger charge is -2.13. The molecule has 0 radical (unpaired) electrons. The fraction of sp³-hybridized carbons (Fsp3) is 0.200. The smallest absolute Gasteiger partial charge is 0.438 e. The number of benzene rings is 1. The van der Waals surface area contributed by atoms with E-state index in [1.165, 1.54) is 18.3 Å². The Kier molecular flexibility index (Phi) is 4.44. The first-order valence-electron chi connectivity index (χ1n) is 6.47. The maximum atomic E-state index is 12.1. The van der Waals surface area contributed by atoms with Crippen LogP contribution in [0.4, 0.5) is 13.2 Å². The van der Waals surface area contributed by atoms with E-state index in [0.717, 1.165) is 17.7 Å². The van der Waals surface area contributed by atoms with Crippen molar-refractivity contribution in [3.63, 3.8) is 0 Å². The number of nitrogens with zero attached hydrogens (tertiary/aromatic N) is 1. The molecule has 8 heteroatoms. The summed E-state index contributed by atoms with van der Waals surface area (Å²) in [6.45, 7) is 3.46. The second kappa shape index (κ2) is 6.15. The number of carbonyl (C=O) groups is 1. The van der Waals surface area contributed by atoms with Crippen LogP contribution in [0.1, 0.15) is 21.5 Å². The van der Waals surface area contributed by atoms with Crippen molar-refractivity contribution in [3.05, 3.63) is 47.2 Å². The van der Waals surface area contributed by atoms with Crippen molar-refractivity contribution >= 4 is 5.91 Å². The Bertz CT molecular complexity index is 728. The number of alkyl halides is 3. The van der Waals surface area contributed by atoms with Crippen LogP contribution in [0.3, 0.4) is 0 Å². The molecule has 2 aromatic rings. The van der Waals surface area contributed by atoms with Gasteiger partial charge in [0.05, 0.1) is 0 Å². The molecular weight excluding hydrogens is 313 g/mol. The van der Waals surface area contributed by atoms with Crippen molar-refractivity contribution in [3.8, 4) is 17.4 Å². The van der Waals surface area contributed by atoms with E-state index in [-0.39, 0.29) is 22.9 Å². The first-order valence-corrected chi connectivity index (χ1v) is 6.47. The van der Waals surface area contributed by atoms with E-state index in [1.807, 2.05) is 0 Å². The van der Waals surface area contributed by atoms with Gasteiger partial charge in [-0.05, 0) is 49.2 Å². The first kappa shape index (κ1) is 16.6. The minimum absolute atomic E-state index is 0.00918. The van der Waals surface area contributed by atoms with Gasteiger partial charge in [0.15, 0.2) is 0 Å². The molecule has 0 bridgehead atoms. The molecule has 0 aliphatic rings. The summed E-state index contributed by atoms with van der Waals surface area (Å²) < 4.78 is 45.5. The van der Waals surface area contributed by atoms with Crippen molar-refractivity contribution < 1.29 is 27.4 Å². The predicted octanol–water partition coefficient (Wildman–Crippen LogP) is 3.49. The molecule has 5 nitrogen and oxygen atoms in total. The number of hydrogen-bond acceptors (Lipinski definition) is 4. The van der Waals surface area contributed by atoms with Crippen molar-refractivity contribution in [2.45, 2.75) is 20.2 Å². The summed E-state index contributed by atoms with van der Waals surface area (Å²) in [5.41, 5.74) is 6.84. The molecule has 0 unspecified atom stereocenters. The van der Waals surface area contributed by atoms with E-state index in [2.05, 4.69) is 9.72 Å². The fourth-order valence-corrected chi connectivity index (χ4v) is 1.86. The molecule has 0 aliphatic carbocycles. The molecule has 1 aromatic heterocycles. The summed E-state index contributed by atoms with van der Waals surface area (Å²) in [5.74, 6) is -0.901. The molecule has 0 saturated heterocycles. The molecule has 1 aromatic carbocycles. The van der Waals surface area contributed by atoms with Crippen molar-refractivity contribution in [2.75, 3.05) is 0 Å². The number of rotatable bonds is 4. The molecule has 0 atom stereocenters. The summed E-state index contributed by atoms with van der Waals surface area (Å²) in [6.07, 6.45) is -3.25. The van der Waals surface area contributed by atoms with Gasteiger partial charge in [-0.3, -0.25) is 4.79 Å². The highest BCUT2D eigenvalue weighted by Crippen LogP contribution is 2.29. The third-order valence-electron chi connectivity index (χ3n) is 3.07. The van der Waals surface area contributed by atoms with E-state index in [9.17, 15) is 18.0 Å². The topological polar surface area (TPSA) is 74.4 Å². The largest absolute Gasteiger partial charge is 0.573 e. The Morgan fingerprint density at radius 1 is 1.13 bits per heavy atom. The summed E-state index contributed by atoms with van der Waals surface area (Å²) in [7, 11) is 0. The second-order valence-corrected chi connectivity index (χ2v) is 4.73. The van der Waals surface area contributed by atoms with Gasteiger partial charge in [-0.1, -0.05) is 0 Å². The van der Waals surface area contributed by atoms with Crippen LogP contribution in [0.2, 0.25) is 0 Å². The summed E-state index contributed by atoms with van der Waals surface area (Å²) in [5, 5.41) is 0. The molecule has 0 fully saturated rings. The van der Waals surface area contributed by atoms with Gasteiger partial charge < -0.3 is 15.2 Å². The molecule has 0 aliphatic heterocycles. The Morgan fingerprint density at radius 3 is 2.22 bits per heavy atom. The van der Waals surface area contributed by atoms with E-state index >= 15 is 0 Å². The maximum Gasteiger partial charge on any atom is 0.573 e. The van der Waals surface area contributed by atoms with E-state index in [1.54, 1.807) is 13.8 Å². The molecule has 2 N–H and O–H groups in total. The van der Waals surface area contributed by atoms with Gasteiger partial charge in [0.1, 0.15) is 17.1 Å². The van der Waals surface area contributed by atoms with Crippen LogP contribution in [-0.2, 0) is 0 Å². The Labute approximate surface area is 129 Å². The summed E-state index contributed by atoms with van der Waals surface area (Å²) in [6, 6.07) is 4.72. The number of ether oxygens (including phenoxy) is 2. The number of aryl methyl sites for hydroxylation is 1. The number of carbonyl (C=O) groups excluding carboxylic acids is 1. The van der Waals surface area contributed by atoms with E-state index in [0.29, 0.717) is 5.56 Å². The molecule has 1 heterocycles. The first-order chi connectivity index (χ1) is 10.7. The fourth-order valence-electron chi connectivity index (χ4n) is 1.86. The Morgan fingerprint density at radius 2 is 1.70 bits per heavy atom. The number of nitrogens with two attached hydrogens (primary N) is 1. The maximum absolute atomic E-state index is 12.1. The number of pyridine rings is 1. The molecular formula is C15H13F3N2O3. The number of aromatic nitrogens is 1. The van der Waals surface area contributed by atoms with E-state index in [4.69, 9.17) is 10.5 Å². The van der Waals surface area contributed by atoms with Crippen molar-refractivity contribution in [1.82, 2.24) is 4.98 Å². The average molecular weight is 326 g/mol. The minimum atomic E-state index is -4.77. The van der Waals surface area contributed by atoms with Crippen LogP contribution in [-0.4, -0.2) is 17.3 Å². The predicted molar refractivity (Wildman–Crippen MR) is 75.4 cm³/mol. The molecule has 1 amide bonds. The number of primary amides is 1. The minimum Gasteiger partial charge on any atom is -0.438 e. The Balaban J connectivity index is 2.26. The lowest BCUT2D eigenvalue weighted by molar-refractivity contribution is -0.274.